The van der Waals surface area contributed by atoms with Gasteiger partial charge in [0, 0.05) is 6.07 Å². The minimum absolute atomic E-state index is 0. The van der Waals surface area contributed by atoms with Gasteiger partial charge in [0.15, 0.2) is 0 Å². The van der Waals surface area contributed by atoms with Gasteiger partial charge in [-0.3, -0.25) is 0 Å². The summed E-state index contributed by atoms with van der Waals surface area (Å²) in [6.07, 6.45) is 0. The molecule has 0 saturated carbocycles. The van der Waals surface area contributed by atoms with Gasteiger partial charge in [-0.15, -0.1) is 0 Å². The van der Waals surface area contributed by atoms with Crippen molar-refractivity contribution in [3.05, 3.63) is 18.2 Å². The molecule has 19 heavy (non-hydrogen) atoms. The second-order valence-corrected chi connectivity index (χ2v) is 4.55. The molecular weight excluding hydrogens is 303 g/mol. The summed E-state index contributed by atoms with van der Waals surface area (Å²) < 4.78 is 43.0. The minimum atomic E-state index is -4.71. The van der Waals surface area contributed by atoms with Gasteiger partial charge in [0.2, 0.25) is 0 Å². The maximum absolute atomic E-state index is 11.0. The van der Waals surface area contributed by atoms with E-state index in [4.69, 9.17) is 19.7 Å². The van der Waals surface area contributed by atoms with Crippen molar-refractivity contribution in [3.8, 4) is 11.5 Å². The molecule has 102 valence electrons. The standard InChI is InChI=1S/C10H14O7S.K/c11-3-5-16-8-1-2-9(17-6-4-12)10(7-8)18(13,14)15;/h1-2,7,11-12H,3-6H2,(H,13,14,15);/q;+1/p-1. The Morgan fingerprint density at radius 2 is 1.68 bits per heavy atom. The molecule has 0 fully saturated rings. The Bertz CT molecular complexity index is 489. The van der Waals surface area contributed by atoms with E-state index in [-0.39, 0.29) is 89.3 Å². The fourth-order valence-electron chi connectivity index (χ4n) is 1.21. The first kappa shape index (κ1) is 19.3. The minimum Gasteiger partial charge on any atom is -0.744 e. The normalized spacial score (nSPS) is 10.7. The molecule has 0 aliphatic heterocycles. The van der Waals surface area contributed by atoms with Crippen LogP contribution in [0.25, 0.3) is 0 Å². The quantitative estimate of drug-likeness (QED) is 0.393. The van der Waals surface area contributed by atoms with Crippen molar-refractivity contribution in [1.82, 2.24) is 0 Å². The third-order valence-corrected chi connectivity index (χ3v) is 2.75. The zero-order valence-corrected chi connectivity index (χ0v) is 14.3. The van der Waals surface area contributed by atoms with Gasteiger partial charge in [0.1, 0.15) is 34.8 Å². The maximum Gasteiger partial charge on any atom is 1.00 e. The summed E-state index contributed by atoms with van der Waals surface area (Å²) >= 11 is 0. The maximum atomic E-state index is 11.0. The summed E-state index contributed by atoms with van der Waals surface area (Å²) in [5.74, 6) is -0.00905. The molecule has 0 heterocycles. The average Bonchev–Trinajstić information content (AvgIpc) is 2.33. The van der Waals surface area contributed by atoms with E-state index >= 15 is 0 Å². The Hall–Kier alpha value is 0.286. The molecule has 0 spiro atoms. The Morgan fingerprint density at radius 3 is 2.21 bits per heavy atom. The summed E-state index contributed by atoms with van der Waals surface area (Å²) in [5.41, 5.74) is 0. The zero-order chi connectivity index (χ0) is 13.6. The predicted molar refractivity (Wildman–Crippen MR) is 59.6 cm³/mol. The van der Waals surface area contributed by atoms with E-state index in [1.54, 1.807) is 0 Å². The Morgan fingerprint density at radius 1 is 1.11 bits per heavy atom. The summed E-state index contributed by atoms with van der Waals surface area (Å²) in [4.78, 5) is -0.564. The number of ether oxygens (including phenoxy) is 2. The first-order chi connectivity index (χ1) is 8.49. The molecule has 0 saturated heterocycles. The number of aliphatic hydroxyl groups is 2. The van der Waals surface area contributed by atoms with E-state index in [0.717, 1.165) is 6.07 Å². The molecule has 0 bridgehead atoms. The first-order valence-electron chi connectivity index (χ1n) is 5.06. The second kappa shape index (κ2) is 9.26. The molecule has 1 aromatic carbocycles. The molecule has 0 amide bonds. The fourth-order valence-corrected chi connectivity index (χ4v) is 1.85. The number of aliphatic hydroxyl groups excluding tert-OH is 2. The van der Waals surface area contributed by atoms with E-state index in [1.165, 1.54) is 12.1 Å². The van der Waals surface area contributed by atoms with Crippen molar-refractivity contribution < 1.29 is 84.0 Å². The number of hydrogen-bond donors (Lipinski definition) is 2. The molecule has 7 nitrogen and oxygen atoms in total. The second-order valence-electron chi connectivity index (χ2n) is 3.21. The van der Waals surface area contributed by atoms with E-state index in [1.807, 2.05) is 0 Å². The van der Waals surface area contributed by atoms with Crippen molar-refractivity contribution in [1.29, 1.82) is 0 Å². The van der Waals surface area contributed by atoms with Gasteiger partial charge in [-0.25, -0.2) is 8.42 Å². The van der Waals surface area contributed by atoms with Crippen molar-refractivity contribution in [2.24, 2.45) is 0 Å². The molecule has 1 aromatic rings. The summed E-state index contributed by atoms with van der Waals surface area (Å²) in [7, 11) is -4.71. The van der Waals surface area contributed by atoms with Crippen LogP contribution in [0.1, 0.15) is 0 Å². The van der Waals surface area contributed by atoms with Gasteiger partial charge < -0.3 is 24.2 Å². The van der Waals surface area contributed by atoms with Crippen molar-refractivity contribution in [2.75, 3.05) is 26.4 Å². The van der Waals surface area contributed by atoms with Crippen molar-refractivity contribution >= 4 is 10.1 Å². The summed E-state index contributed by atoms with van der Waals surface area (Å²) in [6.45, 7) is -0.683. The Balaban J connectivity index is 0.00000324. The molecular formula is C10H13KO7S. The molecule has 0 aliphatic carbocycles. The van der Waals surface area contributed by atoms with Crippen LogP contribution in [0.5, 0.6) is 11.5 Å². The van der Waals surface area contributed by atoms with Crippen molar-refractivity contribution in [2.45, 2.75) is 4.90 Å². The SMILES string of the molecule is O=S(=O)([O-])c1cc(OCCO)ccc1OCCO.[K+]. The number of hydrogen-bond acceptors (Lipinski definition) is 7. The molecule has 0 aliphatic rings. The van der Waals surface area contributed by atoms with Gasteiger partial charge in [-0.1, -0.05) is 0 Å². The van der Waals surface area contributed by atoms with Gasteiger partial charge >= 0.3 is 51.4 Å². The van der Waals surface area contributed by atoms with Gasteiger partial charge in [-0.2, -0.15) is 0 Å². The Labute approximate surface area is 153 Å². The van der Waals surface area contributed by atoms with E-state index in [2.05, 4.69) is 0 Å². The largest absolute Gasteiger partial charge is 1.00 e. The fraction of sp³-hybridized carbons (Fsp3) is 0.400. The van der Waals surface area contributed by atoms with Crippen LogP contribution in [0, 0.1) is 0 Å². The van der Waals surface area contributed by atoms with Crippen LogP contribution in [-0.4, -0.2) is 49.6 Å². The molecule has 1 rings (SSSR count). The van der Waals surface area contributed by atoms with Crippen LogP contribution in [0.15, 0.2) is 23.1 Å². The molecule has 0 atom stereocenters. The first-order valence-corrected chi connectivity index (χ1v) is 6.47. The zero-order valence-electron chi connectivity index (χ0n) is 10.4. The molecule has 0 radical (unpaired) electrons. The van der Waals surface area contributed by atoms with Crippen molar-refractivity contribution in [3.63, 3.8) is 0 Å². The van der Waals surface area contributed by atoms with Crippen LogP contribution >= 0.6 is 0 Å². The molecule has 9 heteroatoms. The van der Waals surface area contributed by atoms with E-state index in [9.17, 15) is 13.0 Å². The number of rotatable bonds is 7. The number of benzene rings is 1. The third-order valence-electron chi connectivity index (χ3n) is 1.89. The molecule has 2 N–H and O–H groups in total. The molecule has 0 aromatic heterocycles. The van der Waals surface area contributed by atoms with E-state index < -0.39 is 15.0 Å². The van der Waals surface area contributed by atoms with Gasteiger partial charge in [-0.05, 0) is 12.1 Å². The third kappa shape index (κ3) is 6.51. The Kier molecular flexibility index (Phi) is 9.40. The van der Waals surface area contributed by atoms with Crippen LogP contribution in [-0.2, 0) is 10.1 Å². The monoisotopic (exact) mass is 316 g/mol. The van der Waals surface area contributed by atoms with Crippen LogP contribution in [0.2, 0.25) is 0 Å². The van der Waals surface area contributed by atoms with Crippen LogP contribution in [0.4, 0.5) is 0 Å². The molecule has 0 unspecified atom stereocenters. The average molecular weight is 316 g/mol. The van der Waals surface area contributed by atoms with Crippen LogP contribution < -0.4 is 60.9 Å². The van der Waals surface area contributed by atoms with Gasteiger partial charge in [0.25, 0.3) is 0 Å². The summed E-state index contributed by atoms with van der Waals surface area (Å²) in [5, 5.41) is 17.2. The predicted octanol–water partition coefficient (Wildman–Crippen LogP) is -3.66. The topological polar surface area (TPSA) is 116 Å². The van der Waals surface area contributed by atoms with E-state index in [0.29, 0.717) is 0 Å². The van der Waals surface area contributed by atoms with Crippen LogP contribution in [0.3, 0.4) is 0 Å². The summed E-state index contributed by atoms with van der Waals surface area (Å²) in [6, 6.07) is 3.68. The van der Waals surface area contributed by atoms with Gasteiger partial charge in [0.05, 0.1) is 18.1 Å². The smallest absolute Gasteiger partial charge is 0.744 e.